The van der Waals surface area contributed by atoms with Crippen molar-refractivity contribution in [3.63, 3.8) is 0 Å². The molecule has 0 radical (unpaired) electrons. The van der Waals surface area contributed by atoms with Crippen LogP contribution in [0.3, 0.4) is 0 Å². The molecule has 1 N–H and O–H groups in total. The average molecular weight is 966 g/mol. The molecule has 0 unspecified atom stereocenters. The first-order valence-electron chi connectivity index (χ1n) is 24.0. The molecule has 1 amide bonds. The lowest BCUT2D eigenvalue weighted by Gasteiger charge is -2.36. The Morgan fingerprint density at radius 1 is 0.319 bits per heavy atom. The van der Waals surface area contributed by atoms with Gasteiger partial charge < -0.3 is 71.6 Å². The van der Waals surface area contributed by atoms with Gasteiger partial charge in [0, 0.05) is 6.54 Å². The van der Waals surface area contributed by atoms with E-state index in [2.05, 4.69) is 41.7 Å². The van der Waals surface area contributed by atoms with Gasteiger partial charge in [-0.3, -0.25) is 0 Å². The van der Waals surface area contributed by atoms with Crippen LogP contribution in [-0.2, 0) is 78.5 Å². The molecule has 382 valence electrons. The SMILES string of the molecule is O=C(NCCOCCOCCOCCOCCOCCOCCOCCOCCOCCOCCOCCOCCOC(c1ccccc1)(c1ccccc1)c1ccccc1)OCc1ccccc1. The van der Waals surface area contributed by atoms with Gasteiger partial charge in [0.15, 0.2) is 0 Å². The van der Waals surface area contributed by atoms with Gasteiger partial charge in [0.1, 0.15) is 12.2 Å². The van der Waals surface area contributed by atoms with Crippen molar-refractivity contribution < 1.29 is 71.1 Å². The Bertz CT molecular complexity index is 1650. The molecule has 0 fully saturated rings. The fraction of sp³-hybridized carbons (Fsp3) is 0.528. The molecule has 4 aromatic carbocycles. The molecule has 4 rings (SSSR count). The van der Waals surface area contributed by atoms with Crippen LogP contribution in [0.1, 0.15) is 22.3 Å². The van der Waals surface area contributed by atoms with Crippen molar-refractivity contribution >= 4 is 6.09 Å². The number of rotatable bonds is 45. The number of carbonyl (C=O) groups is 1. The molecule has 4 aromatic rings. The predicted octanol–water partition coefficient (Wildman–Crippen LogP) is 6.12. The Morgan fingerprint density at radius 2 is 0.565 bits per heavy atom. The maximum atomic E-state index is 11.7. The number of amides is 1. The van der Waals surface area contributed by atoms with E-state index >= 15 is 0 Å². The van der Waals surface area contributed by atoms with Crippen molar-refractivity contribution in [1.82, 2.24) is 5.32 Å². The minimum atomic E-state index is -0.760. The highest BCUT2D eigenvalue weighted by atomic mass is 16.6. The van der Waals surface area contributed by atoms with E-state index in [1.807, 2.05) is 84.9 Å². The summed E-state index contributed by atoms with van der Waals surface area (Å²) in [4.78, 5) is 11.7. The number of hydrogen-bond donors (Lipinski definition) is 1. The second-order valence-electron chi connectivity index (χ2n) is 15.0. The number of alkyl carbamates (subject to hydrolysis) is 1. The van der Waals surface area contributed by atoms with Crippen LogP contribution < -0.4 is 5.32 Å². The average Bonchev–Trinajstić information content (AvgIpc) is 3.39. The summed E-state index contributed by atoms with van der Waals surface area (Å²) in [5, 5.41) is 2.65. The van der Waals surface area contributed by atoms with E-state index in [9.17, 15) is 4.79 Å². The highest BCUT2D eigenvalue weighted by Gasteiger charge is 2.37. The summed E-state index contributed by atoms with van der Waals surface area (Å²) in [6, 6.07) is 40.5. The van der Waals surface area contributed by atoms with E-state index in [-0.39, 0.29) is 6.61 Å². The van der Waals surface area contributed by atoms with Gasteiger partial charge in [-0.1, -0.05) is 121 Å². The van der Waals surface area contributed by atoms with Crippen molar-refractivity contribution in [3.05, 3.63) is 144 Å². The van der Waals surface area contributed by atoms with Gasteiger partial charge in [-0.15, -0.1) is 0 Å². The van der Waals surface area contributed by atoms with Crippen LogP contribution in [0.25, 0.3) is 0 Å². The van der Waals surface area contributed by atoms with Crippen molar-refractivity contribution in [3.8, 4) is 0 Å². The first kappa shape index (κ1) is 57.2. The fourth-order valence-electron chi connectivity index (χ4n) is 6.54. The summed E-state index contributed by atoms with van der Waals surface area (Å²) in [7, 11) is 0. The van der Waals surface area contributed by atoms with Gasteiger partial charge in [-0.05, 0) is 22.3 Å². The lowest BCUT2D eigenvalue weighted by Crippen LogP contribution is -2.34. The van der Waals surface area contributed by atoms with E-state index in [1.165, 1.54) is 0 Å². The molecule has 16 heteroatoms. The van der Waals surface area contributed by atoms with Crippen LogP contribution in [0.2, 0.25) is 0 Å². The normalized spacial score (nSPS) is 11.5. The van der Waals surface area contributed by atoms with Crippen molar-refractivity contribution in [1.29, 1.82) is 0 Å². The molecule has 0 saturated carbocycles. The molecule has 0 bridgehead atoms. The molecule has 16 nitrogen and oxygen atoms in total. The van der Waals surface area contributed by atoms with Crippen LogP contribution in [0, 0.1) is 0 Å². The van der Waals surface area contributed by atoms with Gasteiger partial charge in [-0.25, -0.2) is 4.79 Å². The molecular weight excluding hydrogens is 891 g/mol. The molecule has 0 spiro atoms. The third-order valence-electron chi connectivity index (χ3n) is 9.91. The Kier molecular flexibility index (Phi) is 33.5. The number of ether oxygens (including phenoxy) is 14. The van der Waals surface area contributed by atoms with Gasteiger partial charge in [0.05, 0.1) is 165 Å². The third-order valence-corrected chi connectivity index (χ3v) is 9.91. The molecule has 0 heterocycles. The van der Waals surface area contributed by atoms with Crippen LogP contribution in [0.4, 0.5) is 4.79 Å². The lowest BCUT2D eigenvalue weighted by atomic mass is 9.80. The quantitative estimate of drug-likeness (QED) is 0.0399. The molecule has 0 aliphatic rings. The summed E-state index contributed by atoms with van der Waals surface area (Å²) in [5.74, 6) is 0. The second kappa shape index (κ2) is 40.4. The minimum Gasteiger partial charge on any atom is -0.445 e. The molecule has 0 atom stereocenters. The smallest absolute Gasteiger partial charge is 0.407 e. The first-order chi connectivity index (χ1) is 34.3. The Balaban J connectivity index is 0.796. The van der Waals surface area contributed by atoms with Crippen molar-refractivity contribution in [2.45, 2.75) is 12.2 Å². The maximum absolute atomic E-state index is 11.7. The molecule has 0 saturated heterocycles. The number of carbonyl (C=O) groups excluding carboxylic acids is 1. The zero-order chi connectivity index (χ0) is 48.2. The Hall–Kier alpha value is -4.37. The largest absolute Gasteiger partial charge is 0.445 e. The van der Waals surface area contributed by atoms with E-state index in [1.54, 1.807) is 0 Å². The van der Waals surface area contributed by atoms with E-state index in [0.29, 0.717) is 172 Å². The van der Waals surface area contributed by atoms with Crippen molar-refractivity contribution in [2.24, 2.45) is 0 Å². The van der Waals surface area contributed by atoms with Gasteiger partial charge >= 0.3 is 6.09 Å². The highest BCUT2D eigenvalue weighted by molar-refractivity contribution is 5.67. The summed E-state index contributed by atoms with van der Waals surface area (Å²) >= 11 is 0. The molecule has 0 aliphatic carbocycles. The lowest BCUT2D eigenvalue weighted by molar-refractivity contribution is -0.0399. The van der Waals surface area contributed by atoms with Crippen LogP contribution >= 0.6 is 0 Å². The maximum Gasteiger partial charge on any atom is 0.407 e. The van der Waals surface area contributed by atoms with Crippen LogP contribution in [-0.4, -0.2) is 178 Å². The summed E-state index contributed by atoms with van der Waals surface area (Å²) in [6.45, 7) is 12.3. The van der Waals surface area contributed by atoms with Gasteiger partial charge in [0.25, 0.3) is 0 Å². The first-order valence-corrected chi connectivity index (χ1v) is 24.0. The van der Waals surface area contributed by atoms with Crippen LogP contribution in [0.15, 0.2) is 121 Å². The fourth-order valence-corrected chi connectivity index (χ4v) is 6.54. The van der Waals surface area contributed by atoms with Crippen molar-refractivity contribution in [2.75, 3.05) is 172 Å². The number of hydrogen-bond acceptors (Lipinski definition) is 15. The summed E-state index contributed by atoms with van der Waals surface area (Å²) < 4.78 is 78.6. The van der Waals surface area contributed by atoms with E-state index in [4.69, 9.17) is 66.3 Å². The monoisotopic (exact) mass is 966 g/mol. The third kappa shape index (κ3) is 27.0. The topological polar surface area (TPSA) is 158 Å². The molecular formula is C53H75NO15. The second-order valence-corrected chi connectivity index (χ2v) is 15.0. The van der Waals surface area contributed by atoms with E-state index in [0.717, 1.165) is 22.3 Å². The number of nitrogens with one attached hydrogen (secondary N) is 1. The summed E-state index contributed by atoms with van der Waals surface area (Å²) in [5.41, 5.74) is 3.36. The molecule has 0 aliphatic heterocycles. The number of benzene rings is 4. The highest BCUT2D eigenvalue weighted by Crippen LogP contribution is 2.40. The van der Waals surface area contributed by atoms with Crippen LogP contribution in [0.5, 0.6) is 0 Å². The zero-order valence-electron chi connectivity index (χ0n) is 40.3. The molecule has 0 aromatic heterocycles. The molecule has 69 heavy (non-hydrogen) atoms. The van der Waals surface area contributed by atoms with Gasteiger partial charge in [0.2, 0.25) is 0 Å². The Morgan fingerprint density at radius 3 is 0.855 bits per heavy atom. The van der Waals surface area contributed by atoms with E-state index < -0.39 is 11.7 Å². The predicted molar refractivity (Wildman–Crippen MR) is 260 cm³/mol. The standard InChI is InChI=1S/C53H75NO15/c55-52(68-47-48-13-5-1-6-14-48)54-21-22-56-23-24-57-25-26-58-27-28-59-29-30-60-31-32-61-33-34-62-35-36-63-37-38-64-39-40-65-41-42-66-43-44-67-45-46-69-53(49-15-7-2-8-16-49,50-17-9-3-10-18-50)51-19-11-4-12-20-51/h1-20H,21-47H2,(H,54,55). The summed E-state index contributed by atoms with van der Waals surface area (Å²) in [6.07, 6.45) is -0.472. The Labute approximate surface area is 408 Å². The van der Waals surface area contributed by atoms with Gasteiger partial charge in [-0.2, -0.15) is 0 Å². The zero-order valence-corrected chi connectivity index (χ0v) is 40.3. The minimum absolute atomic E-state index is 0.233.